The Morgan fingerprint density at radius 2 is 1.90 bits per heavy atom. The smallest absolute Gasteiger partial charge is 0.0494 e. The van der Waals surface area contributed by atoms with Gasteiger partial charge in [0, 0.05) is 40.8 Å². The van der Waals surface area contributed by atoms with Gasteiger partial charge in [-0.15, -0.1) is 11.3 Å². The minimum Gasteiger partial charge on any atom is -0.380 e. The number of thiophene rings is 1. The topological polar surface area (TPSA) is 15.3 Å². The summed E-state index contributed by atoms with van der Waals surface area (Å²) >= 11 is 1.91. The van der Waals surface area contributed by atoms with Crippen molar-refractivity contribution < 1.29 is 0 Å². The maximum atomic E-state index is 3.55. The summed E-state index contributed by atoms with van der Waals surface area (Å²) in [5, 5.41) is 3.55. The highest BCUT2D eigenvalue weighted by molar-refractivity contribution is 7.12. The van der Waals surface area contributed by atoms with Gasteiger partial charge in [-0.2, -0.15) is 0 Å². The molecular formula is C17H22N2S. The highest BCUT2D eigenvalue weighted by Gasteiger charge is 2.12. The Labute approximate surface area is 125 Å². The van der Waals surface area contributed by atoms with Crippen molar-refractivity contribution in [2.45, 2.75) is 32.7 Å². The fraction of sp³-hybridized carbons (Fsp3) is 0.412. The molecule has 3 heteroatoms. The van der Waals surface area contributed by atoms with E-state index in [1.807, 2.05) is 11.3 Å². The Hall–Kier alpha value is -1.48. The zero-order valence-corrected chi connectivity index (χ0v) is 12.9. The van der Waals surface area contributed by atoms with Crippen molar-refractivity contribution in [3.8, 4) is 0 Å². The Kier molecular flexibility index (Phi) is 4.26. The van der Waals surface area contributed by atoms with Crippen LogP contribution in [0.4, 0.5) is 11.4 Å². The SMILES string of the molecule is CCc1ccc(CNc2cccc(N3CCCC3)c2)s1. The lowest BCUT2D eigenvalue weighted by Crippen LogP contribution is -2.17. The van der Waals surface area contributed by atoms with Crippen molar-refractivity contribution in [2.75, 3.05) is 23.3 Å². The highest BCUT2D eigenvalue weighted by atomic mass is 32.1. The van der Waals surface area contributed by atoms with Crippen LogP contribution in [-0.2, 0) is 13.0 Å². The van der Waals surface area contributed by atoms with Gasteiger partial charge in [0.2, 0.25) is 0 Å². The molecule has 2 nitrogen and oxygen atoms in total. The predicted octanol–water partition coefficient (Wildman–Crippen LogP) is 4.52. The molecule has 0 saturated carbocycles. The number of aryl methyl sites for hydroxylation is 1. The van der Waals surface area contributed by atoms with Crippen LogP contribution in [0.15, 0.2) is 36.4 Å². The third-order valence-electron chi connectivity index (χ3n) is 3.85. The number of hydrogen-bond acceptors (Lipinski definition) is 3. The summed E-state index contributed by atoms with van der Waals surface area (Å²) in [5.74, 6) is 0. The lowest BCUT2D eigenvalue weighted by atomic mass is 10.2. The molecule has 106 valence electrons. The van der Waals surface area contributed by atoms with Crippen molar-refractivity contribution in [1.82, 2.24) is 0 Å². The molecule has 1 saturated heterocycles. The molecule has 0 amide bonds. The molecule has 20 heavy (non-hydrogen) atoms. The Morgan fingerprint density at radius 1 is 1.10 bits per heavy atom. The molecule has 3 rings (SSSR count). The first-order chi connectivity index (χ1) is 9.85. The van der Waals surface area contributed by atoms with Crippen LogP contribution in [0, 0.1) is 0 Å². The molecular weight excluding hydrogens is 264 g/mol. The summed E-state index contributed by atoms with van der Waals surface area (Å²) in [6.07, 6.45) is 3.79. The standard InChI is InChI=1S/C17H22N2S/c1-2-16-8-9-17(20-16)13-18-14-6-5-7-15(12-14)19-10-3-4-11-19/h5-9,12,18H,2-4,10-11,13H2,1H3. The zero-order chi connectivity index (χ0) is 13.8. The van der Waals surface area contributed by atoms with Crippen LogP contribution in [0.2, 0.25) is 0 Å². The lowest BCUT2D eigenvalue weighted by Gasteiger charge is -2.18. The first-order valence-corrected chi connectivity index (χ1v) is 8.33. The maximum absolute atomic E-state index is 3.55. The Morgan fingerprint density at radius 3 is 2.65 bits per heavy atom. The van der Waals surface area contributed by atoms with E-state index in [4.69, 9.17) is 0 Å². The third kappa shape index (κ3) is 3.15. The van der Waals surface area contributed by atoms with Crippen LogP contribution < -0.4 is 10.2 Å². The fourth-order valence-electron chi connectivity index (χ4n) is 2.68. The zero-order valence-electron chi connectivity index (χ0n) is 12.1. The maximum Gasteiger partial charge on any atom is 0.0494 e. The third-order valence-corrected chi connectivity index (χ3v) is 5.08. The minimum absolute atomic E-state index is 0.925. The number of hydrogen-bond donors (Lipinski definition) is 1. The highest BCUT2D eigenvalue weighted by Crippen LogP contribution is 2.24. The van der Waals surface area contributed by atoms with E-state index in [1.165, 1.54) is 47.1 Å². The molecule has 0 bridgehead atoms. The van der Waals surface area contributed by atoms with E-state index in [0.29, 0.717) is 0 Å². The average Bonchev–Trinajstić information content (AvgIpc) is 3.17. The first-order valence-electron chi connectivity index (χ1n) is 7.51. The van der Waals surface area contributed by atoms with Gasteiger partial charge in [-0.25, -0.2) is 0 Å². The molecule has 0 unspecified atom stereocenters. The molecule has 1 N–H and O–H groups in total. The van der Waals surface area contributed by atoms with E-state index in [0.717, 1.165) is 13.0 Å². The average molecular weight is 286 g/mol. The quantitative estimate of drug-likeness (QED) is 0.869. The van der Waals surface area contributed by atoms with E-state index in [-0.39, 0.29) is 0 Å². The van der Waals surface area contributed by atoms with E-state index < -0.39 is 0 Å². The second kappa shape index (κ2) is 6.31. The van der Waals surface area contributed by atoms with E-state index in [2.05, 4.69) is 53.5 Å². The molecule has 1 aromatic carbocycles. The van der Waals surface area contributed by atoms with Gasteiger partial charge >= 0.3 is 0 Å². The number of nitrogens with zero attached hydrogens (tertiary/aromatic N) is 1. The summed E-state index contributed by atoms with van der Waals surface area (Å²) in [6, 6.07) is 13.3. The molecule has 0 radical (unpaired) electrons. The predicted molar refractivity (Wildman–Crippen MR) is 88.9 cm³/mol. The van der Waals surface area contributed by atoms with E-state index >= 15 is 0 Å². The van der Waals surface area contributed by atoms with Gasteiger partial charge in [0.05, 0.1) is 0 Å². The van der Waals surface area contributed by atoms with Crippen molar-refractivity contribution in [1.29, 1.82) is 0 Å². The largest absolute Gasteiger partial charge is 0.380 e. The van der Waals surface area contributed by atoms with Gasteiger partial charge in [-0.1, -0.05) is 13.0 Å². The minimum atomic E-state index is 0.925. The normalized spacial score (nSPS) is 14.8. The van der Waals surface area contributed by atoms with Crippen molar-refractivity contribution in [2.24, 2.45) is 0 Å². The summed E-state index contributed by atoms with van der Waals surface area (Å²) in [4.78, 5) is 5.35. The van der Waals surface area contributed by atoms with Crippen molar-refractivity contribution >= 4 is 22.7 Å². The molecule has 2 heterocycles. The molecule has 1 aliphatic heterocycles. The molecule has 0 aliphatic carbocycles. The lowest BCUT2D eigenvalue weighted by molar-refractivity contribution is 0.949. The van der Waals surface area contributed by atoms with Crippen LogP contribution >= 0.6 is 11.3 Å². The van der Waals surface area contributed by atoms with Crippen molar-refractivity contribution in [3.63, 3.8) is 0 Å². The molecule has 1 fully saturated rings. The van der Waals surface area contributed by atoms with E-state index in [1.54, 1.807) is 0 Å². The van der Waals surface area contributed by atoms with Gasteiger partial charge in [0.15, 0.2) is 0 Å². The summed E-state index contributed by atoms with van der Waals surface area (Å²) in [5.41, 5.74) is 2.58. The van der Waals surface area contributed by atoms with Gasteiger partial charge < -0.3 is 10.2 Å². The molecule has 2 aromatic rings. The summed E-state index contributed by atoms with van der Waals surface area (Å²) in [6.45, 7) is 5.54. The van der Waals surface area contributed by atoms with Gasteiger partial charge in [0.25, 0.3) is 0 Å². The van der Waals surface area contributed by atoms with Gasteiger partial charge in [-0.05, 0) is 49.6 Å². The van der Waals surface area contributed by atoms with Crippen LogP contribution in [-0.4, -0.2) is 13.1 Å². The Bertz CT molecular complexity index is 556. The van der Waals surface area contributed by atoms with Crippen LogP contribution in [0.5, 0.6) is 0 Å². The molecule has 0 atom stereocenters. The van der Waals surface area contributed by atoms with Gasteiger partial charge in [0.1, 0.15) is 0 Å². The molecule has 1 aliphatic rings. The van der Waals surface area contributed by atoms with E-state index in [9.17, 15) is 0 Å². The van der Waals surface area contributed by atoms with Crippen LogP contribution in [0.25, 0.3) is 0 Å². The fourth-order valence-corrected chi connectivity index (χ4v) is 3.58. The second-order valence-electron chi connectivity index (χ2n) is 5.32. The van der Waals surface area contributed by atoms with Crippen molar-refractivity contribution in [3.05, 3.63) is 46.2 Å². The number of anilines is 2. The monoisotopic (exact) mass is 286 g/mol. The summed E-state index contributed by atoms with van der Waals surface area (Å²) < 4.78 is 0. The van der Waals surface area contributed by atoms with Gasteiger partial charge in [-0.3, -0.25) is 0 Å². The molecule has 1 aromatic heterocycles. The Balaban J connectivity index is 1.63. The number of rotatable bonds is 5. The van der Waals surface area contributed by atoms with Crippen LogP contribution in [0.3, 0.4) is 0 Å². The first kappa shape index (κ1) is 13.5. The van der Waals surface area contributed by atoms with Crippen LogP contribution in [0.1, 0.15) is 29.5 Å². The summed E-state index contributed by atoms with van der Waals surface area (Å²) in [7, 11) is 0. The molecule has 0 spiro atoms. The number of benzene rings is 1. The second-order valence-corrected chi connectivity index (χ2v) is 6.57. The number of nitrogens with one attached hydrogen (secondary N) is 1.